The van der Waals surface area contributed by atoms with Gasteiger partial charge in [0.05, 0.1) is 35.6 Å². The molecule has 2 atom stereocenters. The molecule has 1 aliphatic rings. The zero-order chi connectivity index (χ0) is 30.3. The van der Waals surface area contributed by atoms with Crippen LogP contribution >= 0.6 is 0 Å². The van der Waals surface area contributed by atoms with Crippen LogP contribution in [0.5, 0.6) is 0 Å². The first kappa shape index (κ1) is 31.1. The van der Waals surface area contributed by atoms with Crippen LogP contribution in [-0.4, -0.2) is 66.1 Å². The summed E-state index contributed by atoms with van der Waals surface area (Å²) in [7, 11) is 3.02. The van der Waals surface area contributed by atoms with Crippen molar-refractivity contribution in [2.75, 3.05) is 43.7 Å². The summed E-state index contributed by atoms with van der Waals surface area (Å²) >= 11 is 0. The maximum Gasteiger partial charge on any atom is 0.416 e. The van der Waals surface area contributed by atoms with E-state index < -0.39 is 29.9 Å². The molecule has 10 nitrogen and oxygen atoms in total. The van der Waals surface area contributed by atoms with Crippen LogP contribution in [0.4, 0.5) is 30.5 Å². The number of nitrogen functional groups attached to an aromatic ring is 1. The Bertz CT molecular complexity index is 1360. The van der Waals surface area contributed by atoms with E-state index in [-0.39, 0.29) is 40.8 Å². The van der Waals surface area contributed by atoms with Gasteiger partial charge in [0.25, 0.3) is 5.91 Å². The fraction of sp³-hybridized carbons (Fsp3) is 0.357. The number of anilines is 3. The zero-order valence-corrected chi connectivity index (χ0v) is 23.3. The number of nitrogens with two attached hydrogens (primary N) is 1. The van der Waals surface area contributed by atoms with Crippen LogP contribution in [0, 0.1) is 5.41 Å². The van der Waals surface area contributed by atoms with Gasteiger partial charge < -0.3 is 30.7 Å². The van der Waals surface area contributed by atoms with Crippen molar-refractivity contribution in [2.24, 2.45) is 0 Å². The predicted octanol–water partition coefficient (Wildman–Crippen LogP) is 4.84. The summed E-state index contributed by atoms with van der Waals surface area (Å²) in [4.78, 5) is 23.2. The van der Waals surface area contributed by atoms with Gasteiger partial charge in [0.15, 0.2) is 0 Å². The van der Waals surface area contributed by atoms with Crippen molar-refractivity contribution in [1.82, 2.24) is 14.9 Å². The minimum Gasteiger partial charge on any atom is -0.499 e. The van der Waals surface area contributed by atoms with E-state index in [1.54, 1.807) is 24.0 Å². The molecule has 0 bridgehead atoms. The number of rotatable bonds is 12. The van der Waals surface area contributed by atoms with Crippen molar-refractivity contribution >= 4 is 28.9 Å². The number of benzene rings is 1. The first-order chi connectivity index (χ1) is 19.5. The van der Waals surface area contributed by atoms with Crippen molar-refractivity contribution in [3.8, 4) is 0 Å². The third-order valence-corrected chi connectivity index (χ3v) is 6.41. The van der Waals surface area contributed by atoms with Crippen molar-refractivity contribution in [3.05, 3.63) is 77.4 Å². The van der Waals surface area contributed by atoms with E-state index in [2.05, 4.69) is 27.2 Å². The molecule has 5 N–H and O–H groups in total. The Labute approximate surface area is 236 Å². The molecule has 2 aromatic rings. The molecule has 0 radical (unpaired) electrons. The number of halogens is 3. The Morgan fingerprint density at radius 2 is 2.05 bits per heavy atom. The molecule has 0 aliphatic carbocycles. The molecule has 41 heavy (non-hydrogen) atoms. The molecule has 0 saturated heterocycles. The summed E-state index contributed by atoms with van der Waals surface area (Å²) < 4.78 is 50.5. The lowest BCUT2D eigenvalue weighted by atomic mass is 10.0. The van der Waals surface area contributed by atoms with Crippen molar-refractivity contribution in [1.29, 1.82) is 5.41 Å². The van der Waals surface area contributed by atoms with Crippen LogP contribution in [-0.2, 0) is 15.7 Å². The highest BCUT2D eigenvalue weighted by Gasteiger charge is 2.38. The Hall–Kier alpha value is -4.39. The summed E-state index contributed by atoms with van der Waals surface area (Å²) in [5, 5.41) is 15.1. The average Bonchev–Trinajstić information content (AvgIpc) is 2.93. The summed E-state index contributed by atoms with van der Waals surface area (Å²) in [6.45, 7) is 8.02. The molecule has 220 valence electrons. The molecule has 1 aliphatic heterocycles. The van der Waals surface area contributed by atoms with Crippen LogP contribution in [0.25, 0.3) is 0 Å². The summed E-state index contributed by atoms with van der Waals surface area (Å²) in [5.41, 5.74) is 6.10. The number of nitrogens with zero attached hydrogens (tertiary/aromatic N) is 3. The topological polar surface area (TPSA) is 138 Å². The number of carbonyl (C=O) groups excluding carboxylic acids is 1. The second-order valence-electron chi connectivity index (χ2n) is 9.23. The van der Waals surface area contributed by atoms with Gasteiger partial charge in [-0.05, 0) is 49.3 Å². The third kappa shape index (κ3) is 7.04. The van der Waals surface area contributed by atoms with E-state index in [4.69, 9.17) is 20.6 Å². The zero-order valence-electron chi connectivity index (χ0n) is 23.3. The van der Waals surface area contributed by atoms with Gasteiger partial charge in [-0.25, -0.2) is 9.97 Å². The number of carbonyl (C=O) groups is 1. The van der Waals surface area contributed by atoms with E-state index in [1.165, 1.54) is 32.7 Å². The molecular formula is C28H34F3N7O3. The van der Waals surface area contributed by atoms with Crippen molar-refractivity contribution in [2.45, 2.75) is 38.7 Å². The number of nitrogens with one attached hydrogen (secondary N) is 3. The molecule has 0 spiro atoms. The largest absolute Gasteiger partial charge is 0.499 e. The van der Waals surface area contributed by atoms with E-state index in [0.717, 1.165) is 12.1 Å². The van der Waals surface area contributed by atoms with Gasteiger partial charge in [0.1, 0.15) is 36.5 Å². The SMILES string of the molecule is C=C/C(=C\C=C(/COC)OC)C(=N)c1c(N)ncnc1NC(C)C1Nc2cc(C(F)(F)F)ccc2C(=O)N1CCC. The van der Waals surface area contributed by atoms with E-state index >= 15 is 0 Å². The number of methoxy groups -OCH3 is 2. The van der Waals surface area contributed by atoms with Crippen LogP contribution in [0.3, 0.4) is 0 Å². The number of allylic oxidation sites excluding steroid dienone is 4. The summed E-state index contributed by atoms with van der Waals surface area (Å²) in [6.07, 6.45) is 1.27. The van der Waals surface area contributed by atoms with Crippen LogP contribution < -0.4 is 16.4 Å². The van der Waals surface area contributed by atoms with Crippen molar-refractivity contribution in [3.63, 3.8) is 0 Å². The Morgan fingerprint density at radius 3 is 2.66 bits per heavy atom. The van der Waals surface area contributed by atoms with E-state index in [0.29, 0.717) is 24.3 Å². The number of hydrogen-bond acceptors (Lipinski definition) is 9. The molecular weight excluding hydrogens is 539 g/mol. The minimum atomic E-state index is -4.56. The van der Waals surface area contributed by atoms with Crippen molar-refractivity contribution < 1.29 is 27.4 Å². The summed E-state index contributed by atoms with van der Waals surface area (Å²) in [5.74, 6) is 0.355. The van der Waals surface area contributed by atoms with E-state index in [9.17, 15) is 18.0 Å². The van der Waals surface area contributed by atoms with Gasteiger partial charge in [0, 0.05) is 19.3 Å². The number of alkyl halides is 3. The summed E-state index contributed by atoms with van der Waals surface area (Å²) in [6, 6.07) is 2.43. The first-order valence-corrected chi connectivity index (χ1v) is 12.8. The fourth-order valence-corrected chi connectivity index (χ4v) is 4.37. The second-order valence-corrected chi connectivity index (χ2v) is 9.23. The van der Waals surface area contributed by atoms with Gasteiger partial charge in [0.2, 0.25) is 0 Å². The molecule has 1 aromatic heterocycles. The van der Waals surface area contributed by atoms with Gasteiger partial charge in [-0.1, -0.05) is 19.6 Å². The lowest BCUT2D eigenvalue weighted by molar-refractivity contribution is -0.137. The lowest BCUT2D eigenvalue weighted by Crippen LogP contribution is -2.56. The van der Waals surface area contributed by atoms with Gasteiger partial charge in [-0.15, -0.1) is 0 Å². The van der Waals surface area contributed by atoms with Gasteiger partial charge in [-0.2, -0.15) is 13.2 Å². The molecule has 2 unspecified atom stereocenters. The minimum absolute atomic E-state index is 0.0264. The maximum atomic E-state index is 13.4. The van der Waals surface area contributed by atoms with Crippen LogP contribution in [0.2, 0.25) is 0 Å². The quantitative estimate of drug-likeness (QED) is 0.161. The van der Waals surface area contributed by atoms with Crippen LogP contribution in [0.15, 0.2) is 60.7 Å². The smallest absolute Gasteiger partial charge is 0.416 e. The van der Waals surface area contributed by atoms with E-state index in [1.807, 2.05) is 6.92 Å². The molecule has 3 rings (SSSR count). The predicted molar refractivity (Wildman–Crippen MR) is 152 cm³/mol. The number of ether oxygens (including phenoxy) is 2. The monoisotopic (exact) mass is 573 g/mol. The van der Waals surface area contributed by atoms with Gasteiger partial charge in [-0.3, -0.25) is 10.2 Å². The number of hydrogen-bond donors (Lipinski definition) is 4. The fourth-order valence-electron chi connectivity index (χ4n) is 4.37. The molecule has 1 amide bonds. The standard InChI is InChI=1S/C28H34F3N7O3/c1-6-12-38-26(37-21-13-18(28(29,30)31)9-11-20(21)27(38)39)16(3)36-25-22(24(33)34-15-35-25)23(32)17(7-2)8-10-19(41-5)14-40-4/h7-11,13,15-16,26,32,37H,2,6,12,14H2,1,3-5H3,(H3,33,34,35,36)/b17-8+,19-10+,32-23?. The van der Waals surface area contributed by atoms with Gasteiger partial charge >= 0.3 is 6.18 Å². The molecule has 0 saturated carbocycles. The Balaban J connectivity index is 1.98. The van der Waals surface area contributed by atoms with Crippen LogP contribution in [0.1, 0.15) is 41.8 Å². The number of aromatic nitrogens is 2. The second kappa shape index (κ2) is 13.3. The molecule has 1 aromatic carbocycles. The molecule has 13 heteroatoms. The third-order valence-electron chi connectivity index (χ3n) is 6.41. The average molecular weight is 574 g/mol. The molecule has 0 fully saturated rings. The first-order valence-electron chi connectivity index (χ1n) is 12.8. The normalized spacial score (nSPS) is 16.5. The Morgan fingerprint density at radius 1 is 1.32 bits per heavy atom. The lowest BCUT2D eigenvalue weighted by Gasteiger charge is -2.41. The number of fused-ring (bicyclic) bond motifs is 1. The highest BCUT2D eigenvalue weighted by Crippen LogP contribution is 2.35. The maximum absolute atomic E-state index is 13.4. The highest BCUT2D eigenvalue weighted by atomic mass is 19.4. The Kier molecular flexibility index (Phi) is 10.1. The number of amides is 1. The molecule has 2 heterocycles. The highest BCUT2D eigenvalue weighted by molar-refractivity contribution is 6.17.